The number of aliphatic hydroxyl groups excluding tert-OH is 1. The number of rotatable bonds is 7. The summed E-state index contributed by atoms with van der Waals surface area (Å²) in [7, 11) is 3.50. The molecule has 0 saturated heterocycles. The molecule has 0 aliphatic heterocycles. The van der Waals surface area contributed by atoms with E-state index in [1.807, 2.05) is 5.38 Å². The monoisotopic (exact) mass is 557 g/mol. The number of aliphatic hydroxyl groups is 1. The number of thiol groups is 1. The summed E-state index contributed by atoms with van der Waals surface area (Å²) in [5, 5.41) is 14.9. The molecule has 0 radical (unpaired) electrons. The Morgan fingerprint density at radius 3 is 3.04 bits per heavy atom. The number of halogens is 2. The summed E-state index contributed by atoms with van der Waals surface area (Å²) in [5.41, 5.74) is 1.34. The summed E-state index contributed by atoms with van der Waals surface area (Å²) in [6.07, 6.45) is 4.35. The van der Waals surface area contributed by atoms with Crippen molar-refractivity contribution in [1.82, 2.24) is 9.97 Å². The van der Waals surface area contributed by atoms with E-state index < -0.39 is 7.32 Å². The van der Waals surface area contributed by atoms with E-state index in [9.17, 15) is 9.90 Å². The number of carbonyl (C=O) groups excluding carboxylic acids is 1. The summed E-state index contributed by atoms with van der Waals surface area (Å²) in [6.45, 7) is 0.0579. The minimum absolute atomic E-state index is 0.0407. The summed E-state index contributed by atoms with van der Waals surface area (Å²) in [4.78, 5) is 21.8. The number of carbonyl (C=O) groups is 1. The Hall–Kier alpha value is -0.0300. The fourth-order valence-corrected chi connectivity index (χ4v) is 5.97. The molecule has 6 nitrogen and oxygen atoms in total. The van der Waals surface area contributed by atoms with E-state index in [2.05, 4.69) is 44.3 Å². The van der Waals surface area contributed by atoms with Crippen LogP contribution in [0.15, 0.2) is 24.0 Å². The van der Waals surface area contributed by atoms with Crippen LogP contribution in [0.5, 0.6) is 0 Å². The maximum atomic E-state index is 12.9. The predicted octanol–water partition coefficient (Wildman–Crippen LogP) is 4.67. The number of thiophene rings is 1. The molecule has 0 bridgehead atoms. The molecule has 2 aromatic rings. The molecule has 146 valence electrons. The average Bonchev–Trinajstić information content (AvgIpc) is 3.28. The number of hydrogen-bond donors (Lipinski definition) is 3. The van der Waals surface area contributed by atoms with Crippen molar-refractivity contribution < 1.29 is 14.1 Å². The van der Waals surface area contributed by atoms with Crippen molar-refractivity contribution in [2.45, 2.75) is 30.9 Å². The quantitative estimate of drug-likeness (QED) is 0.151. The standard InChI is InChI=1S/C16H18ClIN3O3PS2/c17-4-9-1-14(26-7-9)15(23)12-5-19-8-20-16(12)21-11-2-10(6-22)13(3-11)24-27(18)25/h1,5,7-8,10-11,13,22,27H,2-4,6H2,(H,19,20,21)/t10-,11-,13+/m1/s1. The number of anilines is 1. The van der Waals surface area contributed by atoms with Crippen molar-refractivity contribution in [3.05, 3.63) is 40.0 Å². The van der Waals surface area contributed by atoms with Gasteiger partial charge in [-0.15, -0.1) is 11.6 Å². The number of ketones is 1. The first kappa shape index (κ1) is 21.7. The maximum absolute atomic E-state index is 12.9. The first-order valence-electron chi connectivity index (χ1n) is 8.18. The fourth-order valence-electron chi connectivity index (χ4n) is 3.14. The Labute approximate surface area is 182 Å². The van der Waals surface area contributed by atoms with Crippen LogP contribution in [-0.4, -0.2) is 39.6 Å². The van der Waals surface area contributed by atoms with Crippen LogP contribution in [0, 0.1) is 5.92 Å². The SMILES string of the molecule is O=C(c1cc(CCl)cs1)c1cncnc1N[C@@H]1C[C@H](CO)[C@@H](O[SH](#P)I)C1. The van der Waals surface area contributed by atoms with Gasteiger partial charge in [0.25, 0.3) is 0 Å². The molecule has 1 aliphatic rings. The zero-order chi connectivity index (χ0) is 19.4. The first-order chi connectivity index (χ1) is 13.0. The van der Waals surface area contributed by atoms with Gasteiger partial charge in [-0.1, -0.05) is 0 Å². The van der Waals surface area contributed by atoms with E-state index in [1.54, 1.807) is 6.07 Å². The summed E-state index contributed by atoms with van der Waals surface area (Å²) < 4.78 is 5.85. The van der Waals surface area contributed by atoms with Gasteiger partial charge < -0.3 is 0 Å². The third-order valence-corrected chi connectivity index (χ3v) is 7.11. The van der Waals surface area contributed by atoms with Gasteiger partial charge in [0, 0.05) is 5.88 Å². The first-order valence-corrected chi connectivity index (χ1v) is 14.8. The Balaban J connectivity index is 1.77. The molecule has 1 aliphatic carbocycles. The van der Waals surface area contributed by atoms with Crippen LogP contribution in [0.3, 0.4) is 0 Å². The van der Waals surface area contributed by atoms with Gasteiger partial charge in [-0.3, -0.25) is 0 Å². The molecule has 2 aromatic heterocycles. The van der Waals surface area contributed by atoms with Gasteiger partial charge in [0.05, 0.1) is 0 Å². The molecule has 0 aromatic carbocycles. The number of nitrogens with one attached hydrogen (secondary N) is 1. The summed E-state index contributed by atoms with van der Waals surface area (Å²) >= 11 is 9.34. The Kier molecular flexibility index (Phi) is 8.14. The van der Waals surface area contributed by atoms with E-state index >= 15 is 0 Å². The van der Waals surface area contributed by atoms with E-state index in [0.717, 1.165) is 18.4 Å². The average molecular weight is 558 g/mol. The van der Waals surface area contributed by atoms with Gasteiger partial charge in [-0.2, -0.15) is 0 Å². The van der Waals surface area contributed by atoms with Crippen LogP contribution in [0.25, 0.3) is 0 Å². The van der Waals surface area contributed by atoms with Crippen LogP contribution < -0.4 is 5.32 Å². The molecule has 11 heteroatoms. The molecule has 1 fully saturated rings. The second-order valence-electron chi connectivity index (χ2n) is 6.19. The molecule has 0 spiro atoms. The normalized spacial score (nSPS) is 23.3. The van der Waals surface area contributed by atoms with Gasteiger partial charge in [0.1, 0.15) is 0 Å². The second-order valence-corrected chi connectivity index (χ2v) is 14.0. The molecular formula is C16H18ClIN3O3PS2. The summed E-state index contributed by atoms with van der Waals surface area (Å²) in [5.74, 6) is 0.784. The van der Waals surface area contributed by atoms with Crippen LogP contribution in [0.2, 0.25) is 0 Å². The van der Waals surface area contributed by atoms with E-state index in [0.29, 0.717) is 22.1 Å². The molecule has 2 heterocycles. The van der Waals surface area contributed by atoms with Crippen LogP contribution >= 0.6 is 59.3 Å². The Morgan fingerprint density at radius 1 is 1.56 bits per heavy atom. The Morgan fingerprint density at radius 2 is 2.37 bits per heavy atom. The van der Waals surface area contributed by atoms with E-state index in [4.69, 9.17) is 15.8 Å². The number of alkyl halides is 1. The van der Waals surface area contributed by atoms with Crippen LogP contribution in [0.1, 0.15) is 33.6 Å². The molecule has 1 saturated carbocycles. The molecule has 1 unspecified atom stereocenters. The van der Waals surface area contributed by atoms with Crippen molar-refractivity contribution in [1.29, 1.82) is 0 Å². The van der Waals surface area contributed by atoms with Gasteiger partial charge in [0.2, 0.25) is 0 Å². The van der Waals surface area contributed by atoms with Gasteiger partial charge in [0.15, 0.2) is 0 Å². The topological polar surface area (TPSA) is 84.3 Å². The molecule has 0 amide bonds. The summed E-state index contributed by atoms with van der Waals surface area (Å²) in [6, 6.07) is 1.85. The molecular weight excluding hydrogens is 540 g/mol. The number of aromatic nitrogens is 2. The van der Waals surface area contributed by atoms with Crippen LogP contribution in [0.4, 0.5) is 5.82 Å². The predicted molar refractivity (Wildman–Crippen MR) is 121 cm³/mol. The van der Waals surface area contributed by atoms with Crippen molar-refractivity contribution in [3.63, 3.8) is 0 Å². The number of hydrogen-bond acceptors (Lipinski definition) is 7. The zero-order valence-electron chi connectivity index (χ0n) is 14.1. The van der Waals surface area contributed by atoms with Crippen LogP contribution in [-0.2, 0) is 10.1 Å². The van der Waals surface area contributed by atoms with Gasteiger partial charge in [-0.25, -0.2) is 0 Å². The van der Waals surface area contributed by atoms with E-state index in [1.165, 1.54) is 23.9 Å². The van der Waals surface area contributed by atoms with Crippen molar-refractivity contribution >= 4 is 70.9 Å². The Bertz CT molecular complexity index is 891. The minimum atomic E-state index is -0.832. The molecule has 2 N–H and O–H groups in total. The third kappa shape index (κ3) is 5.52. The van der Waals surface area contributed by atoms with Gasteiger partial charge >= 0.3 is 166 Å². The van der Waals surface area contributed by atoms with E-state index in [-0.39, 0.29) is 30.5 Å². The fraction of sp³-hybridized carbons (Fsp3) is 0.438. The van der Waals surface area contributed by atoms with Crippen molar-refractivity contribution in [2.75, 3.05) is 11.9 Å². The number of nitrogens with zero attached hydrogens (tertiary/aromatic N) is 2. The second kappa shape index (κ2) is 10.1. The van der Waals surface area contributed by atoms with Crippen molar-refractivity contribution in [2.24, 2.45) is 5.92 Å². The van der Waals surface area contributed by atoms with Crippen molar-refractivity contribution in [3.8, 4) is 0 Å². The molecule has 27 heavy (non-hydrogen) atoms. The van der Waals surface area contributed by atoms with Gasteiger partial charge in [-0.05, 0) is 0 Å². The zero-order valence-corrected chi connectivity index (χ0v) is 19.6. The molecule has 4 atom stereocenters. The molecule has 3 rings (SSSR count). The third-order valence-electron chi connectivity index (χ3n) is 4.42.